The molecular weight excluding hydrogens is 396 g/mol. The highest BCUT2D eigenvalue weighted by atomic mass is 32.2. The van der Waals surface area contributed by atoms with E-state index in [1.54, 1.807) is 0 Å². The van der Waals surface area contributed by atoms with E-state index in [0.717, 1.165) is 54.9 Å². The van der Waals surface area contributed by atoms with E-state index in [2.05, 4.69) is 12.2 Å². The normalized spacial score (nSPS) is 17.0. The second-order valence-corrected chi connectivity index (χ2v) is 9.31. The van der Waals surface area contributed by atoms with Gasteiger partial charge >= 0.3 is 6.03 Å². The van der Waals surface area contributed by atoms with E-state index in [1.807, 2.05) is 70.4 Å². The summed E-state index contributed by atoms with van der Waals surface area (Å²) in [7, 11) is 0. The maximum Gasteiger partial charge on any atom is 0.321 e. The van der Waals surface area contributed by atoms with E-state index in [0.29, 0.717) is 11.8 Å². The molecule has 7 heteroatoms. The summed E-state index contributed by atoms with van der Waals surface area (Å²) in [5, 5.41) is 4.63. The number of anilines is 1. The van der Waals surface area contributed by atoms with Crippen molar-refractivity contribution in [1.29, 1.82) is 0 Å². The lowest BCUT2D eigenvalue weighted by Crippen LogP contribution is -2.38. The first kappa shape index (κ1) is 22.5. The molecule has 1 aromatic heterocycles. The van der Waals surface area contributed by atoms with Gasteiger partial charge in [-0.25, -0.2) is 4.79 Å². The number of nitrogens with zero attached hydrogens (tertiary/aromatic N) is 3. The summed E-state index contributed by atoms with van der Waals surface area (Å²) in [4.78, 5) is 29.1. The largest absolute Gasteiger partial charge is 0.342 e. The minimum absolute atomic E-state index is 0.0194. The van der Waals surface area contributed by atoms with Gasteiger partial charge in [-0.15, -0.1) is 0 Å². The van der Waals surface area contributed by atoms with Gasteiger partial charge in [-0.2, -0.15) is 11.8 Å². The van der Waals surface area contributed by atoms with Gasteiger partial charge in [0.2, 0.25) is 5.91 Å². The number of likely N-dealkylation sites (N-methyl/N-ethyl adjacent to an activating group) is 1. The average molecular weight is 431 g/mol. The van der Waals surface area contributed by atoms with Gasteiger partial charge in [0.1, 0.15) is 6.54 Å². The fourth-order valence-corrected chi connectivity index (χ4v) is 5.19. The molecule has 30 heavy (non-hydrogen) atoms. The predicted octanol–water partition coefficient (Wildman–Crippen LogP) is 4.65. The Kier molecular flexibility index (Phi) is 8.08. The van der Waals surface area contributed by atoms with Crippen LogP contribution in [0.1, 0.15) is 40.0 Å². The molecule has 1 aliphatic heterocycles. The van der Waals surface area contributed by atoms with E-state index in [1.165, 1.54) is 12.8 Å². The number of aromatic nitrogens is 1. The molecule has 1 aliphatic rings. The zero-order chi connectivity index (χ0) is 21.5. The molecule has 1 atom stereocenters. The number of amides is 3. The molecule has 3 amide bonds. The highest BCUT2D eigenvalue weighted by Crippen LogP contribution is 2.24. The van der Waals surface area contributed by atoms with Gasteiger partial charge in [-0.05, 0) is 56.7 Å². The number of nitrogens with one attached hydrogen (secondary N) is 1. The lowest BCUT2D eigenvalue weighted by molar-refractivity contribution is -0.131. The van der Waals surface area contributed by atoms with Crippen LogP contribution >= 0.6 is 11.8 Å². The van der Waals surface area contributed by atoms with Crippen LogP contribution in [0.5, 0.6) is 0 Å². The Hall–Kier alpha value is -2.15. The maximum atomic E-state index is 12.8. The predicted molar refractivity (Wildman–Crippen MR) is 126 cm³/mol. The number of urea groups is 1. The fourth-order valence-electron chi connectivity index (χ4n) is 4.10. The summed E-state index contributed by atoms with van der Waals surface area (Å²) in [6.45, 7) is 9.58. The molecular formula is C23H34N4O2S. The molecule has 0 aliphatic carbocycles. The number of carbonyl (C=O) groups excluding carboxylic acids is 2. The zero-order valence-corrected chi connectivity index (χ0v) is 19.2. The molecule has 1 unspecified atom stereocenters. The molecule has 2 aromatic rings. The quantitative estimate of drug-likeness (QED) is 0.696. The first-order valence-electron chi connectivity index (χ1n) is 11.1. The third-order valence-corrected chi connectivity index (χ3v) is 6.95. The smallest absolute Gasteiger partial charge is 0.321 e. The number of benzene rings is 1. The summed E-state index contributed by atoms with van der Waals surface area (Å²) < 4.78 is 1.98. The fraction of sp³-hybridized carbons (Fsp3) is 0.565. The maximum absolute atomic E-state index is 12.8. The lowest BCUT2D eigenvalue weighted by atomic mass is 10.2. The number of fused-ring (bicyclic) bond motifs is 1. The number of hydrogen-bond donors (Lipinski definition) is 1. The summed E-state index contributed by atoms with van der Waals surface area (Å²) in [6, 6.07) is 7.88. The van der Waals surface area contributed by atoms with Gasteiger partial charge in [0, 0.05) is 54.2 Å². The molecule has 164 valence electrons. The molecule has 2 heterocycles. The molecule has 3 rings (SSSR count). The summed E-state index contributed by atoms with van der Waals surface area (Å²) in [5.74, 6) is 1.21. The van der Waals surface area contributed by atoms with Crippen LogP contribution in [0, 0.1) is 0 Å². The third-order valence-electron chi connectivity index (χ3n) is 5.76. The van der Waals surface area contributed by atoms with Gasteiger partial charge < -0.3 is 19.7 Å². The van der Waals surface area contributed by atoms with Crippen LogP contribution in [0.15, 0.2) is 30.5 Å². The van der Waals surface area contributed by atoms with Crippen LogP contribution in [-0.2, 0) is 11.3 Å². The van der Waals surface area contributed by atoms with Gasteiger partial charge in [-0.1, -0.05) is 13.3 Å². The number of carbonyl (C=O) groups is 2. The van der Waals surface area contributed by atoms with E-state index in [9.17, 15) is 9.59 Å². The molecule has 0 bridgehead atoms. The van der Waals surface area contributed by atoms with Crippen LogP contribution in [0.25, 0.3) is 10.9 Å². The SMILES string of the molecule is CCSC1CCCCN(C(=O)Nc2ccc3c(ccn3CC(=O)N(CC)CC)c2)C1. The minimum atomic E-state index is -0.0194. The van der Waals surface area contributed by atoms with Crippen molar-refractivity contribution in [2.24, 2.45) is 0 Å². The molecule has 1 saturated heterocycles. The van der Waals surface area contributed by atoms with Gasteiger partial charge in [0.15, 0.2) is 0 Å². The van der Waals surface area contributed by atoms with Crippen LogP contribution in [0.3, 0.4) is 0 Å². The van der Waals surface area contributed by atoms with Crippen molar-refractivity contribution in [2.75, 3.05) is 37.2 Å². The van der Waals surface area contributed by atoms with Crippen LogP contribution in [-0.4, -0.2) is 63.5 Å². The Balaban J connectivity index is 1.67. The monoisotopic (exact) mass is 430 g/mol. The number of hydrogen-bond acceptors (Lipinski definition) is 3. The van der Waals surface area contributed by atoms with Crippen molar-refractivity contribution in [3.05, 3.63) is 30.5 Å². The van der Waals surface area contributed by atoms with E-state index in [4.69, 9.17) is 0 Å². The Morgan fingerprint density at radius 2 is 1.97 bits per heavy atom. The van der Waals surface area contributed by atoms with Gasteiger partial charge in [-0.3, -0.25) is 4.79 Å². The van der Waals surface area contributed by atoms with Crippen molar-refractivity contribution in [3.8, 4) is 0 Å². The Morgan fingerprint density at radius 1 is 1.17 bits per heavy atom. The summed E-state index contributed by atoms with van der Waals surface area (Å²) in [6.07, 6.45) is 5.39. The van der Waals surface area contributed by atoms with E-state index < -0.39 is 0 Å². The van der Waals surface area contributed by atoms with Crippen LogP contribution in [0.2, 0.25) is 0 Å². The number of likely N-dealkylation sites (tertiary alicyclic amines) is 1. The van der Waals surface area contributed by atoms with E-state index >= 15 is 0 Å². The molecule has 6 nitrogen and oxygen atoms in total. The molecule has 1 fully saturated rings. The Labute approximate surface area is 184 Å². The first-order chi connectivity index (χ1) is 14.5. The molecule has 0 saturated carbocycles. The summed E-state index contributed by atoms with van der Waals surface area (Å²) >= 11 is 1.95. The Morgan fingerprint density at radius 3 is 2.70 bits per heavy atom. The molecule has 0 spiro atoms. The zero-order valence-electron chi connectivity index (χ0n) is 18.4. The van der Waals surface area contributed by atoms with Crippen molar-refractivity contribution < 1.29 is 9.59 Å². The molecule has 1 aromatic carbocycles. The van der Waals surface area contributed by atoms with Crippen LogP contribution in [0.4, 0.5) is 10.5 Å². The van der Waals surface area contributed by atoms with Crippen molar-refractivity contribution in [2.45, 2.75) is 51.8 Å². The highest BCUT2D eigenvalue weighted by molar-refractivity contribution is 7.99. The van der Waals surface area contributed by atoms with Crippen molar-refractivity contribution >= 4 is 40.3 Å². The topological polar surface area (TPSA) is 57.6 Å². The molecule has 1 N–H and O–H groups in total. The standard InChI is InChI=1S/C23H34N4O2S/c1-4-25(5-2)22(28)17-26-14-12-18-15-19(10-11-21(18)26)24-23(29)27-13-8-7-9-20(16-27)30-6-3/h10-12,14-15,20H,4-9,13,16-17H2,1-3H3,(H,24,29). The first-order valence-corrected chi connectivity index (χ1v) is 12.1. The number of thioether (sulfide) groups is 1. The van der Waals surface area contributed by atoms with Crippen molar-refractivity contribution in [1.82, 2.24) is 14.4 Å². The van der Waals surface area contributed by atoms with E-state index in [-0.39, 0.29) is 11.9 Å². The second-order valence-electron chi connectivity index (χ2n) is 7.73. The lowest BCUT2D eigenvalue weighted by Gasteiger charge is -2.24. The third kappa shape index (κ3) is 5.50. The van der Waals surface area contributed by atoms with Crippen LogP contribution < -0.4 is 5.32 Å². The van der Waals surface area contributed by atoms with Gasteiger partial charge in [0.05, 0.1) is 0 Å². The molecule has 0 radical (unpaired) electrons. The number of rotatable bonds is 7. The van der Waals surface area contributed by atoms with Gasteiger partial charge in [0.25, 0.3) is 0 Å². The second kappa shape index (κ2) is 10.8. The Bertz CT molecular complexity index is 862. The van der Waals surface area contributed by atoms with Crippen molar-refractivity contribution in [3.63, 3.8) is 0 Å². The average Bonchev–Trinajstić information content (AvgIpc) is 2.96. The minimum Gasteiger partial charge on any atom is -0.342 e. The summed E-state index contributed by atoms with van der Waals surface area (Å²) in [5.41, 5.74) is 1.80. The highest BCUT2D eigenvalue weighted by Gasteiger charge is 2.22.